The van der Waals surface area contributed by atoms with Gasteiger partial charge in [0.15, 0.2) is 0 Å². The summed E-state index contributed by atoms with van der Waals surface area (Å²) in [5, 5.41) is 9.66. The Bertz CT molecular complexity index is 422. The first kappa shape index (κ1) is 13.7. The SMILES string of the molecule is CN1CCCC1CCO[C](=[Ni])c1ccccc1O. The van der Waals surface area contributed by atoms with E-state index in [1.165, 1.54) is 19.4 Å². The zero-order valence-electron chi connectivity index (χ0n) is 10.5. The fourth-order valence-corrected chi connectivity index (χ4v) is 2.64. The number of para-hydroxylation sites is 1. The van der Waals surface area contributed by atoms with Gasteiger partial charge in [0.25, 0.3) is 0 Å². The van der Waals surface area contributed by atoms with Crippen molar-refractivity contribution in [3.05, 3.63) is 29.8 Å². The molecular weight excluding hydrogens is 273 g/mol. The van der Waals surface area contributed by atoms with Crippen molar-refractivity contribution in [3.8, 4) is 5.75 Å². The van der Waals surface area contributed by atoms with Crippen LogP contribution in [0, 0.1) is 0 Å². The summed E-state index contributed by atoms with van der Waals surface area (Å²) in [6.07, 6.45) is 3.51. The van der Waals surface area contributed by atoms with Gasteiger partial charge in [-0.2, -0.15) is 0 Å². The molecule has 3 nitrogen and oxygen atoms in total. The summed E-state index contributed by atoms with van der Waals surface area (Å²) >= 11 is 4.85. The van der Waals surface area contributed by atoms with Crippen molar-refractivity contribution < 1.29 is 24.9 Å². The van der Waals surface area contributed by atoms with Crippen LogP contribution in [0.4, 0.5) is 0 Å². The Labute approximate surface area is 116 Å². The van der Waals surface area contributed by atoms with Gasteiger partial charge in [0.2, 0.25) is 0 Å². The molecule has 1 aliphatic rings. The fourth-order valence-electron chi connectivity index (χ4n) is 2.33. The van der Waals surface area contributed by atoms with Gasteiger partial charge in [0.05, 0.1) is 0 Å². The van der Waals surface area contributed by atoms with Gasteiger partial charge in [0, 0.05) is 0 Å². The maximum absolute atomic E-state index is 9.66. The van der Waals surface area contributed by atoms with E-state index in [4.69, 9.17) is 19.8 Å². The van der Waals surface area contributed by atoms with Gasteiger partial charge in [-0.05, 0) is 0 Å². The number of ether oxygens (including phenoxy) is 1. The van der Waals surface area contributed by atoms with E-state index in [-0.39, 0.29) is 5.75 Å². The number of aromatic hydroxyl groups is 1. The van der Waals surface area contributed by atoms with Crippen molar-refractivity contribution in [3.63, 3.8) is 0 Å². The minimum absolute atomic E-state index is 0.191. The maximum atomic E-state index is 9.66. The molecule has 1 aliphatic heterocycles. The second-order valence-corrected chi connectivity index (χ2v) is 5.13. The van der Waals surface area contributed by atoms with Gasteiger partial charge in [-0.25, -0.2) is 0 Å². The van der Waals surface area contributed by atoms with Crippen LogP contribution in [0.5, 0.6) is 5.75 Å². The number of likely N-dealkylation sites (tertiary alicyclic amines) is 1. The van der Waals surface area contributed by atoms with Gasteiger partial charge < -0.3 is 0 Å². The monoisotopic (exact) mass is 291 g/mol. The molecule has 1 aromatic rings. The molecule has 1 heterocycles. The Kier molecular flexibility index (Phi) is 4.93. The van der Waals surface area contributed by atoms with Crippen LogP contribution in [0.2, 0.25) is 0 Å². The van der Waals surface area contributed by atoms with Crippen LogP contribution in [0.1, 0.15) is 24.8 Å². The molecule has 1 fully saturated rings. The first-order chi connectivity index (χ1) is 8.68. The summed E-state index contributed by atoms with van der Waals surface area (Å²) in [6, 6.07) is 7.65. The first-order valence-corrected chi connectivity index (χ1v) is 6.78. The summed E-state index contributed by atoms with van der Waals surface area (Å²) in [4.78, 5) is 2.37. The Hall–Kier alpha value is -0.696. The van der Waals surface area contributed by atoms with E-state index >= 15 is 0 Å². The van der Waals surface area contributed by atoms with E-state index in [9.17, 15) is 5.11 Å². The molecule has 1 unspecified atom stereocenters. The number of benzene rings is 1. The first-order valence-electron chi connectivity index (χ1n) is 6.29. The third kappa shape index (κ3) is 3.41. The molecule has 0 saturated carbocycles. The number of rotatable bonds is 5. The topological polar surface area (TPSA) is 32.7 Å². The molecule has 0 spiro atoms. The number of hydrogen-bond donors (Lipinski definition) is 1. The van der Waals surface area contributed by atoms with Crippen LogP contribution in [0.25, 0.3) is 0 Å². The molecule has 102 valence electrons. The predicted molar refractivity (Wildman–Crippen MR) is 68.4 cm³/mol. The van der Waals surface area contributed by atoms with Gasteiger partial charge in [-0.15, -0.1) is 0 Å². The quantitative estimate of drug-likeness (QED) is 0.842. The van der Waals surface area contributed by atoms with E-state index in [1.54, 1.807) is 18.2 Å². The van der Waals surface area contributed by atoms with Crippen LogP contribution < -0.4 is 0 Å². The van der Waals surface area contributed by atoms with Crippen molar-refractivity contribution in [2.24, 2.45) is 0 Å². The Balaban J connectivity index is 1.80. The third-order valence-corrected chi connectivity index (χ3v) is 3.85. The molecule has 18 heavy (non-hydrogen) atoms. The molecule has 1 saturated heterocycles. The Morgan fingerprint density at radius 2 is 2.28 bits per heavy atom. The molecule has 0 aromatic heterocycles. The summed E-state index contributed by atoms with van der Waals surface area (Å²) in [5.41, 5.74) is 0.622. The third-order valence-electron chi connectivity index (χ3n) is 3.44. The zero-order chi connectivity index (χ0) is 13.0. The van der Waals surface area contributed by atoms with E-state index in [0.717, 1.165) is 6.42 Å². The molecule has 1 N–H and O–H groups in total. The molecule has 0 amide bonds. The van der Waals surface area contributed by atoms with E-state index in [1.807, 2.05) is 6.07 Å². The van der Waals surface area contributed by atoms with E-state index in [2.05, 4.69) is 11.9 Å². The standard InChI is InChI=1S/C14H19NO2.Ni/c1-15-9-4-6-13(15)8-10-17-11-12-5-2-3-7-14(12)16;/h2-3,5,7,13,16H,4,6,8-10H2,1H3;. The Morgan fingerprint density at radius 1 is 1.50 bits per heavy atom. The van der Waals surface area contributed by atoms with Crippen LogP contribution >= 0.6 is 0 Å². The van der Waals surface area contributed by atoms with Crippen LogP contribution in [0.3, 0.4) is 0 Å². The molecular formula is C14H19NNiO2. The second-order valence-electron chi connectivity index (χ2n) is 4.68. The summed E-state index contributed by atoms with van der Waals surface area (Å²) in [5.74, 6) is 0.191. The van der Waals surface area contributed by atoms with Gasteiger partial charge >= 0.3 is 116 Å². The van der Waals surface area contributed by atoms with Crippen molar-refractivity contribution in [2.75, 3.05) is 20.2 Å². The molecule has 1 atom stereocenters. The molecule has 0 radical (unpaired) electrons. The predicted octanol–water partition coefficient (Wildman–Crippen LogP) is 1.92. The van der Waals surface area contributed by atoms with Crippen molar-refractivity contribution in [2.45, 2.75) is 25.3 Å². The van der Waals surface area contributed by atoms with Crippen molar-refractivity contribution in [1.82, 2.24) is 4.90 Å². The summed E-state index contributed by atoms with van der Waals surface area (Å²) < 4.78 is 6.01. The molecule has 0 bridgehead atoms. The van der Waals surface area contributed by atoms with Gasteiger partial charge in [-0.3, -0.25) is 0 Å². The fraction of sp³-hybridized carbons (Fsp3) is 0.500. The molecule has 4 heteroatoms. The van der Waals surface area contributed by atoms with Crippen molar-refractivity contribution >= 4 is 4.68 Å². The summed E-state index contributed by atoms with van der Waals surface area (Å²) in [6.45, 7) is 1.80. The number of phenolic OH excluding ortho intramolecular Hbond substituents is 1. The normalized spacial score (nSPS) is 20.3. The van der Waals surface area contributed by atoms with E-state index < -0.39 is 0 Å². The number of phenols is 1. The van der Waals surface area contributed by atoms with Crippen LogP contribution in [-0.2, 0) is 19.8 Å². The minimum atomic E-state index is 0.191. The average Bonchev–Trinajstić information content (AvgIpc) is 2.75. The van der Waals surface area contributed by atoms with Crippen molar-refractivity contribution in [1.29, 1.82) is 0 Å². The Morgan fingerprint density at radius 3 is 2.94 bits per heavy atom. The zero-order valence-corrected chi connectivity index (χ0v) is 11.5. The van der Waals surface area contributed by atoms with E-state index in [0.29, 0.717) is 22.9 Å². The van der Waals surface area contributed by atoms with Gasteiger partial charge in [-0.1, -0.05) is 0 Å². The number of hydrogen-bond acceptors (Lipinski definition) is 3. The van der Waals surface area contributed by atoms with Crippen LogP contribution in [0.15, 0.2) is 24.3 Å². The average molecular weight is 292 g/mol. The van der Waals surface area contributed by atoms with Gasteiger partial charge in [0.1, 0.15) is 0 Å². The molecule has 0 aliphatic carbocycles. The number of nitrogens with zero attached hydrogens (tertiary/aromatic N) is 1. The van der Waals surface area contributed by atoms with Crippen LogP contribution in [-0.4, -0.2) is 40.9 Å². The molecule has 2 rings (SSSR count). The summed E-state index contributed by atoms with van der Waals surface area (Å²) in [7, 11) is 2.15. The second kappa shape index (κ2) is 6.46. The molecule has 1 aromatic carbocycles.